The van der Waals surface area contributed by atoms with Crippen molar-refractivity contribution in [3.8, 4) is 6.07 Å². The molecule has 0 radical (unpaired) electrons. The van der Waals surface area contributed by atoms with Crippen LogP contribution < -0.4 is 5.32 Å². The maximum absolute atomic E-state index is 8.81. The summed E-state index contributed by atoms with van der Waals surface area (Å²) in [5.74, 6) is 0.667. The van der Waals surface area contributed by atoms with Gasteiger partial charge in [0.25, 0.3) is 0 Å². The number of rotatable bonds is 5. The molecule has 1 aliphatic heterocycles. The molecule has 0 spiro atoms. The van der Waals surface area contributed by atoms with Crippen LogP contribution in [0.4, 0.5) is 5.69 Å². The van der Waals surface area contributed by atoms with Crippen LogP contribution in [0.3, 0.4) is 0 Å². The van der Waals surface area contributed by atoms with Crippen LogP contribution in [0.5, 0.6) is 0 Å². The second-order valence-electron chi connectivity index (χ2n) is 5.54. The summed E-state index contributed by atoms with van der Waals surface area (Å²) in [7, 11) is 0. The van der Waals surface area contributed by atoms with Crippen molar-refractivity contribution >= 4 is 5.69 Å². The number of anilines is 1. The van der Waals surface area contributed by atoms with Gasteiger partial charge in [0.15, 0.2) is 0 Å². The summed E-state index contributed by atoms with van der Waals surface area (Å²) in [6.45, 7) is 5.33. The third kappa shape index (κ3) is 3.74. The van der Waals surface area contributed by atoms with Gasteiger partial charge in [-0.15, -0.1) is 0 Å². The van der Waals surface area contributed by atoms with Gasteiger partial charge in [-0.3, -0.25) is 0 Å². The predicted molar refractivity (Wildman–Crippen MR) is 81.6 cm³/mol. The van der Waals surface area contributed by atoms with E-state index in [-0.39, 0.29) is 0 Å². The van der Waals surface area contributed by atoms with Crippen molar-refractivity contribution in [2.45, 2.75) is 51.7 Å². The number of nitrogens with zero attached hydrogens (tertiary/aromatic N) is 1. The van der Waals surface area contributed by atoms with Crippen molar-refractivity contribution in [3.05, 3.63) is 29.8 Å². The summed E-state index contributed by atoms with van der Waals surface area (Å²) >= 11 is 0. The SMILES string of the molecule is CCC(CC)C1CC(Nc2ccc(C#N)cc2)CCO1. The van der Waals surface area contributed by atoms with Crippen LogP contribution in [-0.2, 0) is 4.74 Å². The molecule has 3 nitrogen and oxygen atoms in total. The van der Waals surface area contributed by atoms with Crippen LogP contribution in [-0.4, -0.2) is 18.8 Å². The number of nitrogens with one attached hydrogen (secondary N) is 1. The minimum atomic E-state index is 0.384. The fourth-order valence-electron chi connectivity index (χ4n) is 2.98. The fourth-order valence-corrected chi connectivity index (χ4v) is 2.98. The molecule has 20 heavy (non-hydrogen) atoms. The van der Waals surface area contributed by atoms with Gasteiger partial charge in [-0.2, -0.15) is 5.26 Å². The normalized spacial score (nSPS) is 22.5. The molecule has 1 saturated heterocycles. The van der Waals surface area contributed by atoms with Gasteiger partial charge < -0.3 is 10.1 Å². The van der Waals surface area contributed by atoms with E-state index in [9.17, 15) is 0 Å². The molecular weight excluding hydrogens is 248 g/mol. The van der Waals surface area contributed by atoms with Gasteiger partial charge >= 0.3 is 0 Å². The molecule has 2 atom stereocenters. The zero-order valence-corrected chi connectivity index (χ0v) is 12.4. The summed E-state index contributed by atoms with van der Waals surface area (Å²) in [5, 5.41) is 12.4. The van der Waals surface area contributed by atoms with Crippen molar-refractivity contribution in [3.63, 3.8) is 0 Å². The second kappa shape index (κ2) is 7.31. The Labute approximate surface area is 121 Å². The molecule has 1 aromatic carbocycles. The molecule has 1 fully saturated rings. The molecule has 3 heteroatoms. The van der Waals surface area contributed by atoms with E-state index in [1.165, 1.54) is 12.8 Å². The van der Waals surface area contributed by atoms with E-state index < -0.39 is 0 Å². The Hall–Kier alpha value is -1.53. The monoisotopic (exact) mass is 272 g/mol. The summed E-state index contributed by atoms with van der Waals surface area (Å²) in [6, 6.07) is 10.3. The molecule has 2 unspecified atom stereocenters. The third-order valence-corrected chi connectivity index (χ3v) is 4.27. The molecule has 2 rings (SSSR count). The van der Waals surface area contributed by atoms with E-state index in [0.29, 0.717) is 23.6 Å². The van der Waals surface area contributed by atoms with E-state index >= 15 is 0 Å². The van der Waals surface area contributed by atoms with Crippen molar-refractivity contribution in [2.75, 3.05) is 11.9 Å². The lowest BCUT2D eigenvalue weighted by Crippen LogP contribution is -2.37. The molecule has 0 aromatic heterocycles. The first-order valence-electron chi connectivity index (χ1n) is 7.65. The average molecular weight is 272 g/mol. The Kier molecular flexibility index (Phi) is 5.43. The van der Waals surface area contributed by atoms with Crippen LogP contribution in [0.2, 0.25) is 0 Å². The maximum atomic E-state index is 8.81. The van der Waals surface area contributed by atoms with Gasteiger partial charge in [-0.05, 0) is 43.0 Å². The van der Waals surface area contributed by atoms with Gasteiger partial charge in [0.05, 0.1) is 17.7 Å². The van der Waals surface area contributed by atoms with Gasteiger partial charge in [-0.25, -0.2) is 0 Å². The van der Waals surface area contributed by atoms with E-state index in [2.05, 4.69) is 25.2 Å². The van der Waals surface area contributed by atoms with Crippen LogP contribution >= 0.6 is 0 Å². The average Bonchev–Trinajstić information content (AvgIpc) is 2.50. The van der Waals surface area contributed by atoms with Gasteiger partial charge in [0, 0.05) is 18.3 Å². The Morgan fingerprint density at radius 2 is 2.00 bits per heavy atom. The molecule has 0 aliphatic carbocycles. The van der Waals surface area contributed by atoms with E-state index in [1.54, 1.807) is 0 Å². The quantitative estimate of drug-likeness (QED) is 0.882. The van der Waals surface area contributed by atoms with E-state index in [4.69, 9.17) is 10.00 Å². The number of hydrogen-bond acceptors (Lipinski definition) is 3. The smallest absolute Gasteiger partial charge is 0.0991 e. The van der Waals surface area contributed by atoms with Gasteiger partial charge in [0.2, 0.25) is 0 Å². The highest BCUT2D eigenvalue weighted by atomic mass is 16.5. The fraction of sp³-hybridized carbons (Fsp3) is 0.588. The Morgan fingerprint density at radius 1 is 1.30 bits per heavy atom. The Morgan fingerprint density at radius 3 is 2.60 bits per heavy atom. The van der Waals surface area contributed by atoms with Crippen molar-refractivity contribution in [2.24, 2.45) is 5.92 Å². The van der Waals surface area contributed by atoms with Crippen molar-refractivity contribution < 1.29 is 4.74 Å². The second-order valence-corrected chi connectivity index (χ2v) is 5.54. The highest BCUT2D eigenvalue weighted by Crippen LogP contribution is 2.27. The highest BCUT2D eigenvalue weighted by Gasteiger charge is 2.27. The molecule has 0 amide bonds. The summed E-state index contributed by atoms with van der Waals surface area (Å²) in [5.41, 5.74) is 1.80. The molecule has 1 heterocycles. The molecular formula is C17H24N2O. The molecule has 1 aromatic rings. The zero-order chi connectivity index (χ0) is 14.4. The lowest BCUT2D eigenvalue weighted by molar-refractivity contribution is -0.0271. The Balaban J connectivity index is 1.93. The highest BCUT2D eigenvalue weighted by molar-refractivity contribution is 5.47. The molecule has 108 valence electrons. The van der Waals surface area contributed by atoms with Crippen LogP contribution in [0.25, 0.3) is 0 Å². The van der Waals surface area contributed by atoms with E-state index in [0.717, 1.165) is 25.1 Å². The van der Waals surface area contributed by atoms with Crippen molar-refractivity contribution in [1.29, 1.82) is 5.26 Å². The molecule has 0 saturated carbocycles. The first-order chi connectivity index (χ1) is 9.76. The molecule has 1 N–H and O–H groups in total. The third-order valence-electron chi connectivity index (χ3n) is 4.27. The van der Waals surface area contributed by atoms with Gasteiger partial charge in [0.1, 0.15) is 0 Å². The lowest BCUT2D eigenvalue weighted by Gasteiger charge is -2.34. The van der Waals surface area contributed by atoms with Crippen LogP contribution in [0, 0.1) is 17.2 Å². The standard InChI is InChI=1S/C17H24N2O/c1-3-14(4-2)17-11-16(9-10-20-17)19-15-7-5-13(12-18)6-8-15/h5-8,14,16-17,19H,3-4,9-11H2,1-2H3. The molecule has 0 bridgehead atoms. The molecule has 1 aliphatic rings. The first kappa shape index (κ1) is 14.9. The summed E-state index contributed by atoms with van der Waals surface area (Å²) in [6.07, 6.45) is 4.88. The van der Waals surface area contributed by atoms with Crippen molar-refractivity contribution in [1.82, 2.24) is 0 Å². The summed E-state index contributed by atoms with van der Waals surface area (Å²) in [4.78, 5) is 0. The number of hydrogen-bond donors (Lipinski definition) is 1. The van der Waals surface area contributed by atoms with Gasteiger partial charge in [-0.1, -0.05) is 26.7 Å². The van der Waals surface area contributed by atoms with Crippen LogP contribution in [0.15, 0.2) is 24.3 Å². The Bertz CT molecular complexity index is 445. The predicted octanol–water partition coefficient (Wildman–Crippen LogP) is 3.95. The maximum Gasteiger partial charge on any atom is 0.0991 e. The summed E-state index contributed by atoms with van der Waals surface area (Å²) < 4.78 is 5.94. The topological polar surface area (TPSA) is 45.0 Å². The number of benzene rings is 1. The van der Waals surface area contributed by atoms with E-state index in [1.807, 2.05) is 24.3 Å². The minimum Gasteiger partial charge on any atom is -0.382 e. The first-order valence-corrected chi connectivity index (χ1v) is 7.65. The number of nitriles is 1. The van der Waals surface area contributed by atoms with Crippen LogP contribution in [0.1, 0.15) is 45.1 Å². The number of ether oxygens (including phenoxy) is 1. The lowest BCUT2D eigenvalue weighted by atomic mass is 9.89. The zero-order valence-electron chi connectivity index (χ0n) is 12.4. The largest absolute Gasteiger partial charge is 0.382 e. The minimum absolute atomic E-state index is 0.384.